The number of aromatic nitrogens is 1. The van der Waals surface area contributed by atoms with Crippen LogP contribution in [-0.2, 0) is 0 Å². The molecule has 3 N–H and O–H groups in total. The number of benzene rings is 1. The molecule has 0 aliphatic rings. The Hall–Kier alpha value is -1.34. The standard InChI is InChI=1S/C11H9Br2N3O2/c1-5-2-9(18-16-5)11(17)15-10-7(13)3-6(12)4-8(10)14/h2-4H,14H2,1H3,(H,15,17). The van der Waals surface area contributed by atoms with E-state index in [0.717, 1.165) is 4.47 Å². The van der Waals surface area contributed by atoms with E-state index < -0.39 is 5.91 Å². The number of hydrogen-bond acceptors (Lipinski definition) is 4. The summed E-state index contributed by atoms with van der Waals surface area (Å²) in [6.45, 7) is 1.74. The third-order valence-corrected chi connectivity index (χ3v) is 3.26. The molecule has 1 heterocycles. The number of carbonyl (C=O) groups is 1. The van der Waals surface area contributed by atoms with E-state index in [1.54, 1.807) is 25.1 Å². The minimum Gasteiger partial charge on any atom is -0.397 e. The van der Waals surface area contributed by atoms with Crippen LogP contribution in [0.15, 0.2) is 31.7 Å². The van der Waals surface area contributed by atoms with Gasteiger partial charge in [0.25, 0.3) is 5.91 Å². The number of aryl methyl sites for hydroxylation is 1. The summed E-state index contributed by atoms with van der Waals surface area (Å²) in [6, 6.07) is 5.04. The summed E-state index contributed by atoms with van der Waals surface area (Å²) in [5.74, 6) is -0.257. The number of nitrogens with one attached hydrogen (secondary N) is 1. The quantitative estimate of drug-likeness (QED) is 0.790. The minimum atomic E-state index is -0.398. The van der Waals surface area contributed by atoms with Crippen LogP contribution in [0, 0.1) is 6.92 Å². The molecule has 0 unspecified atom stereocenters. The lowest BCUT2D eigenvalue weighted by atomic mass is 10.2. The second-order valence-corrected chi connectivity index (χ2v) is 5.41. The van der Waals surface area contributed by atoms with Gasteiger partial charge in [0.15, 0.2) is 0 Å². The van der Waals surface area contributed by atoms with Crippen molar-refractivity contribution in [3.8, 4) is 0 Å². The lowest BCUT2D eigenvalue weighted by Gasteiger charge is -2.09. The number of carbonyl (C=O) groups excluding carboxylic acids is 1. The summed E-state index contributed by atoms with van der Waals surface area (Å²) >= 11 is 6.64. The number of hydrogen-bond donors (Lipinski definition) is 2. The van der Waals surface area contributed by atoms with Crippen molar-refractivity contribution < 1.29 is 9.32 Å². The Bertz CT molecular complexity index is 587. The van der Waals surface area contributed by atoms with Crippen molar-refractivity contribution in [1.29, 1.82) is 0 Å². The Labute approximate surface area is 120 Å². The number of halogens is 2. The molecule has 0 saturated carbocycles. The Morgan fingerprint density at radius 2 is 2.11 bits per heavy atom. The number of nitrogen functional groups attached to an aromatic ring is 1. The van der Waals surface area contributed by atoms with Crippen LogP contribution in [0.1, 0.15) is 16.2 Å². The molecule has 18 heavy (non-hydrogen) atoms. The molecule has 94 valence electrons. The number of nitrogens with two attached hydrogens (primary N) is 1. The van der Waals surface area contributed by atoms with Crippen LogP contribution >= 0.6 is 31.9 Å². The first-order chi connectivity index (χ1) is 8.47. The average Bonchev–Trinajstić information content (AvgIpc) is 2.70. The maximum Gasteiger partial charge on any atom is 0.294 e. The molecule has 1 amide bonds. The van der Waals surface area contributed by atoms with Gasteiger partial charge in [-0.05, 0) is 35.0 Å². The molecular formula is C11H9Br2N3O2. The number of anilines is 2. The van der Waals surface area contributed by atoms with Crippen LogP contribution in [0.4, 0.5) is 11.4 Å². The molecule has 5 nitrogen and oxygen atoms in total. The summed E-state index contributed by atoms with van der Waals surface area (Å²) in [4.78, 5) is 11.9. The fourth-order valence-electron chi connectivity index (χ4n) is 1.37. The second kappa shape index (κ2) is 5.11. The summed E-state index contributed by atoms with van der Waals surface area (Å²) in [5, 5.41) is 6.32. The topological polar surface area (TPSA) is 81.2 Å². The van der Waals surface area contributed by atoms with E-state index in [2.05, 4.69) is 42.3 Å². The zero-order valence-corrected chi connectivity index (χ0v) is 12.5. The Balaban J connectivity index is 2.27. The average molecular weight is 375 g/mol. The molecule has 7 heteroatoms. The van der Waals surface area contributed by atoms with Gasteiger partial charge in [0, 0.05) is 15.0 Å². The highest BCUT2D eigenvalue weighted by Crippen LogP contribution is 2.32. The summed E-state index contributed by atoms with van der Waals surface area (Å²) in [5.41, 5.74) is 7.42. The van der Waals surface area contributed by atoms with Gasteiger partial charge in [0.2, 0.25) is 5.76 Å². The van der Waals surface area contributed by atoms with Crippen LogP contribution in [0.3, 0.4) is 0 Å². The van der Waals surface area contributed by atoms with E-state index >= 15 is 0 Å². The van der Waals surface area contributed by atoms with E-state index in [9.17, 15) is 4.79 Å². The molecule has 0 saturated heterocycles. The van der Waals surface area contributed by atoms with E-state index in [1.807, 2.05) is 0 Å². The lowest BCUT2D eigenvalue weighted by molar-refractivity contribution is 0.0988. The smallest absolute Gasteiger partial charge is 0.294 e. The normalized spacial score (nSPS) is 10.4. The molecule has 1 aromatic carbocycles. The van der Waals surface area contributed by atoms with Crippen molar-refractivity contribution in [2.45, 2.75) is 6.92 Å². The number of nitrogens with zero attached hydrogens (tertiary/aromatic N) is 1. The van der Waals surface area contributed by atoms with E-state index in [-0.39, 0.29) is 5.76 Å². The van der Waals surface area contributed by atoms with Gasteiger partial charge in [0.1, 0.15) is 0 Å². The highest BCUT2D eigenvalue weighted by atomic mass is 79.9. The van der Waals surface area contributed by atoms with Gasteiger partial charge in [0.05, 0.1) is 17.1 Å². The van der Waals surface area contributed by atoms with E-state index in [4.69, 9.17) is 10.3 Å². The van der Waals surface area contributed by atoms with Crippen molar-refractivity contribution >= 4 is 49.1 Å². The van der Waals surface area contributed by atoms with E-state index in [1.165, 1.54) is 0 Å². The SMILES string of the molecule is Cc1cc(C(=O)Nc2c(N)cc(Br)cc2Br)on1. The monoisotopic (exact) mass is 373 g/mol. The Morgan fingerprint density at radius 3 is 2.67 bits per heavy atom. The molecular weight excluding hydrogens is 366 g/mol. The highest BCUT2D eigenvalue weighted by Gasteiger charge is 2.15. The molecule has 0 spiro atoms. The fraction of sp³-hybridized carbons (Fsp3) is 0.0909. The van der Waals surface area contributed by atoms with Gasteiger partial charge in [-0.15, -0.1) is 0 Å². The van der Waals surface area contributed by atoms with Crippen LogP contribution in [0.5, 0.6) is 0 Å². The lowest BCUT2D eigenvalue weighted by Crippen LogP contribution is -2.13. The van der Waals surface area contributed by atoms with Crippen molar-refractivity contribution in [2.75, 3.05) is 11.1 Å². The molecule has 2 rings (SSSR count). The second-order valence-electron chi connectivity index (χ2n) is 3.64. The third-order valence-electron chi connectivity index (χ3n) is 2.18. The Kier molecular flexibility index (Phi) is 3.72. The summed E-state index contributed by atoms with van der Waals surface area (Å²) in [7, 11) is 0. The van der Waals surface area contributed by atoms with E-state index in [0.29, 0.717) is 21.5 Å². The molecule has 0 aliphatic heterocycles. The summed E-state index contributed by atoms with van der Waals surface area (Å²) < 4.78 is 6.37. The van der Waals surface area contributed by atoms with Gasteiger partial charge in [-0.25, -0.2) is 0 Å². The molecule has 0 radical (unpaired) electrons. The predicted octanol–water partition coefficient (Wildman–Crippen LogP) is 3.34. The van der Waals surface area contributed by atoms with Crippen LogP contribution < -0.4 is 11.1 Å². The first kappa shape index (κ1) is 13.1. The molecule has 1 aromatic heterocycles. The third kappa shape index (κ3) is 2.73. The van der Waals surface area contributed by atoms with Gasteiger partial charge in [-0.2, -0.15) is 0 Å². The van der Waals surface area contributed by atoms with Crippen LogP contribution in [-0.4, -0.2) is 11.1 Å². The van der Waals surface area contributed by atoms with Gasteiger partial charge < -0.3 is 15.6 Å². The number of amides is 1. The Morgan fingerprint density at radius 1 is 1.39 bits per heavy atom. The highest BCUT2D eigenvalue weighted by molar-refractivity contribution is 9.11. The molecule has 0 aliphatic carbocycles. The van der Waals surface area contributed by atoms with Crippen molar-refractivity contribution in [2.24, 2.45) is 0 Å². The largest absolute Gasteiger partial charge is 0.397 e. The van der Waals surface area contributed by atoms with Crippen molar-refractivity contribution in [1.82, 2.24) is 5.16 Å². The molecule has 0 atom stereocenters. The zero-order chi connectivity index (χ0) is 13.3. The van der Waals surface area contributed by atoms with Crippen LogP contribution in [0.25, 0.3) is 0 Å². The fourth-order valence-corrected chi connectivity index (χ4v) is 2.73. The van der Waals surface area contributed by atoms with Crippen molar-refractivity contribution in [3.63, 3.8) is 0 Å². The predicted molar refractivity (Wildman–Crippen MR) is 75.4 cm³/mol. The van der Waals surface area contributed by atoms with Crippen molar-refractivity contribution in [3.05, 3.63) is 38.6 Å². The minimum absolute atomic E-state index is 0.140. The first-order valence-corrected chi connectivity index (χ1v) is 6.55. The molecule has 0 fully saturated rings. The van der Waals surface area contributed by atoms with Gasteiger partial charge >= 0.3 is 0 Å². The maximum absolute atomic E-state index is 11.9. The number of rotatable bonds is 2. The molecule has 0 bridgehead atoms. The summed E-state index contributed by atoms with van der Waals surface area (Å²) in [6.07, 6.45) is 0. The first-order valence-electron chi connectivity index (χ1n) is 4.96. The van der Waals surface area contributed by atoms with Crippen LogP contribution in [0.2, 0.25) is 0 Å². The zero-order valence-electron chi connectivity index (χ0n) is 9.33. The van der Waals surface area contributed by atoms with Gasteiger partial charge in [-0.1, -0.05) is 21.1 Å². The van der Waals surface area contributed by atoms with Gasteiger partial charge in [-0.3, -0.25) is 4.79 Å². The maximum atomic E-state index is 11.9. The molecule has 2 aromatic rings.